The first-order valence-corrected chi connectivity index (χ1v) is 6.62. The Hall–Kier alpha value is -2.19. The van der Waals surface area contributed by atoms with E-state index in [0.29, 0.717) is 30.1 Å². The average molecular weight is 291 g/mol. The lowest BCUT2D eigenvalue weighted by molar-refractivity contribution is 0.359. The molecule has 2 heterocycles. The third-order valence-electron chi connectivity index (χ3n) is 3.59. The second-order valence-electron chi connectivity index (χ2n) is 5.57. The van der Waals surface area contributed by atoms with Gasteiger partial charge in [-0.1, -0.05) is 0 Å². The van der Waals surface area contributed by atoms with E-state index in [0.717, 1.165) is 0 Å². The summed E-state index contributed by atoms with van der Waals surface area (Å²) < 4.78 is 13.9. The van der Waals surface area contributed by atoms with Crippen LogP contribution in [0.25, 0.3) is 0 Å². The largest absolute Gasteiger partial charge is 0.368 e. The number of hydrogen-bond donors (Lipinski definition) is 3. The molecule has 112 valence electrons. The smallest absolute Gasteiger partial charge is 0.215 e. The standard InChI is InChI=1S/C13H18FN7/c1-20(2)4-3-13(16)6-8(14)5-9-10(13)11-18-12(15)19-21(11)7-17-9/h5-7H,3-4,16H2,1-2H3,(H3,15,18,19). The summed E-state index contributed by atoms with van der Waals surface area (Å²) in [5.41, 5.74) is 15.2. The SMILES string of the molecule is CN(C)CCC1(N)C=C(F)C=C2N=CN3NC(N)=NC3=C21. The van der Waals surface area contributed by atoms with Gasteiger partial charge in [-0.25, -0.2) is 14.4 Å². The molecule has 1 unspecified atom stereocenters. The number of halogens is 1. The fraction of sp³-hybridized carbons (Fsp3) is 0.385. The molecule has 0 saturated heterocycles. The maximum atomic E-state index is 13.9. The Bertz CT molecular complexity index is 628. The minimum absolute atomic E-state index is 0.259. The zero-order valence-electron chi connectivity index (χ0n) is 12.0. The van der Waals surface area contributed by atoms with Crippen molar-refractivity contribution in [2.24, 2.45) is 21.5 Å². The van der Waals surface area contributed by atoms with E-state index in [4.69, 9.17) is 11.5 Å². The van der Waals surface area contributed by atoms with Crippen molar-refractivity contribution >= 4 is 12.3 Å². The number of nitrogens with zero attached hydrogens (tertiary/aromatic N) is 4. The van der Waals surface area contributed by atoms with Gasteiger partial charge in [-0.15, -0.1) is 0 Å². The predicted octanol–water partition coefficient (Wildman–Crippen LogP) is -0.225. The van der Waals surface area contributed by atoms with Crippen LogP contribution in [0.1, 0.15) is 6.42 Å². The topological polar surface area (TPSA) is 95.3 Å². The molecule has 0 aromatic rings. The van der Waals surface area contributed by atoms with Gasteiger partial charge >= 0.3 is 0 Å². The Labute approximate surface area is 122 Å². The van der Waals surface area contributed by atoms with Crippen molar-refractivity contribution in [1.82, 2.24) is 15.3 Å². The molecule has 1 aliphatic carbocycles. The van der Waals surface area contributed by atoms with E-state index in [9.17, 15) is 4.39 Å². The van der Waals surface area contributed by atoms with Gasteiger partial charge in [0.05, 0.1) is 11.2 Å². The molecule has 0 radical (unpaired) electrons. The Balaban J connectivity index is 2.07. The van der Waals surface area contributed by atoms with E-state index in [1.54, 1.807) is 5.01 Å². The Morgan fingerprint density at radius 2 is 2.24 bits per heavy atom. The van der Waals surface area contributed by atoms with Crippen LogP contribution in [-0.2, 0) is 0 Å². The molecule has 0 saturated carbocycles. The molecule has 1 atom stereocenters. The molecule has 7 nitrogen and oxygen atoms in total. The highest BCUT2D eigenvalue weighted by Gasteiger charge is 2.40. The van der Waals surface area contributed by atoms with E-state index in [-0.39, 0.29) is 11.8 Å². The third kappa shape index (κ3) is 2.32. The van der Waals surface area contributed by atoms with Gasteiger partial charge in [0.1, 0.15) is 12.2 Å². The Morgan fingerprint density at radius 3 is 2.95 bits per heavy atom. The summed E-state index contributed by atoms with van der Waals surface area (Å²) in [6, 6.07) is 0. The molecule has 0 bridgehead atoms. The van der Waals surface area contributed by atoms with Crippen LogP contribution in [0.15, 0.2) is 45.1 Å². The van der Waals surface area contributed by atoms with Crippen molar-refractivity contribution < 1.29 is 4.39 Å². The number of guanidine groups is 1. The van der Waals surface area contributed by atoms with Gasteiger partial charge in [-0.2, -0.15) is 4.99 Å². The molecule has 0 spiro atoms. The van der Waals surface area contributed by atoms with Crippen molar-refractivity contribution in [3.8, 4) is 0 Å². The maximum Gasteiger partial charge on any atom is 0.215 e. The highest BCUT2D eigenvalue weighted by atomic mass is 19.1. The van der Waals surface area contributed by atoms with Gasteiger partial charge in [0.15, 0.2) is 5.82 Å². The van der Waals surface area contributed by atoms with Gasteiger partial charge in [0, 0.05) is 5.57 Å². The minimum atomic E-state index is -0.973. The maximum absolute atomic E-state index is 13.9. The zero-order valence-corrected chi connectivity index (χ0v) is 12.0. The molecule has 3 aliphatic rings. The van der Waals surface area contributed by atoms with Crippen LogP contribution < -0.4 is 16.9 Å². The van der Waals surface area contributed by atoms with Gasteiger partial charge in [0.25, 0.3) is 0 Å². The number of hydrazine groups is 1. The number of nitrogens with two attached hydrogens (primary N) is 2. The molecule has 5 N–H and O–H groups in total. The molecule has 8 heteroatoms. The summed E-state index contributed by atoms with van der Waals surface area (Å²) >= 11 is 0. The highest BCUT2D eigenvalue weighted by molar-refractivity contribution is 5.85. The number of nitrogens with one attached hydrogen (secondary N) is 1. The first-order chi connectivity index (χ1) is 9.89. The van der Waals surface area contributed by atoms with Gasteiger partial charge < -0.3 is 16.4 Å². The van der Waals surface area contributed by atoms with E-state index in [1.165, 1.54) is 18.5 Å². The summed E-state index contributed by atoms with van der Waals surface area (Å²) in [5, 5.41) is 1.59. The van der Waals surface area contributed by atoms with Crippen LogP contribution in [0.5, 0.6) is 0 Å². The first kappa shape index (κ1) is 13.8. The number of rotatable bonds is 3. The van der Waals surface area contributed by atoms with E-state index < -0.39 is 5.54 Å². The van der Waals surface area contributed by atoms with Crippen LogP contribution in [0.3, 0.4) is 0 Å². The molecule has 2 aliphatic heterocycles. The van der Waals surface area contributed by atoms with Crippen molar-refractivity contribution in [2.75, 3.05) is 20.6 Å². The first-order valence-electron chi connectivity index (χ1n) is 6.62. The van der Waals surface area contributed by atoms with Crippen LogP contribution in [0.4, 0.5) is 4.39 Å². The fourth-order valence-electron chi connectivity index (χ4n) is 2.58. The van der Waals surface area contributed by atoms with Crippen LogP contribution in [-0.4, -0.2) is 48.4 Å². The zero-order chi connectivity index (χ0) is 15.2. The van der Waals surface area contributed by atoms with Crippen molar-refractivity contribution in [2.45, 2.75) is 12.0 Å². The third-order valence-corrected chi connectivity index (χ3v) is 3.59. The summed E-state index contributed by atoms with van der Waals surface area (Å²) in [7, 11) is 3.89. The normalized spacial score (nSPS) is 27.1. The second-order valence-corrected chi connectivity index (χ2v) is 5.57. The number of fused-ring (bicyclic) bond motifs is 2. The monoisotopic (exact) mass is 291 g/mol. The molecule has 21 heavy (non-hydrogen) atoms. The van der Waals surface area contributed by atoms with Gasteiger partial charge in [-0.3, -0.25) is 5.43 Å². The lowest BCUT2D eigenvalue weighted by Crippen LogP contribution is -2.48. The summed E-state index contributed by atoms with van der Waals surface area (Å²) in [4.78, 5) is 10.5. The van der Waals surface area contributed by atoms with Crippen molar-refractivity contribution in [3.05, 3.63) is 35.1 Å². The Kier molecular flexibility index (Phi) is 3.07. The Morgan fingerprint density at radius 1 is 1.48 bits per heavy atom. The molecule has 0 aromatic heterocycles. The number of hydrogen-bond acceptors (Lipinski definition) is 7. The van der Waals surface area contributed by atoms with E-state index >= 15 is 0 Å². The van der Waals surface area contributed by atoms with Crippen LogP contribution in [0, 0.1) is 0 Å². The summed E-state index contributed by atoms with van der Waals surface area (Å²) in [6.07, 6.45) is 4.84. The fourth-order valence-corrected chi connectivity index (χ4v) is 2.58. The summed E-state index contributed by atoms with van der Waals surface area (Å²) in [6.45, 7) is 0.709. The van der Waals surface area contributed by atoms with Crippen molar-refractivity contribution in [3.63, 3.8) is 0 Å². The lowest BCUT2D eigenvalue weighted by Gasteiger charge is -2.36. The minimum Gasteiger partial charge on any atom is -0.368 e. The van der Waals surface area contributed by atoms with Crippen LogP contribution in [0.2, 0.25) is 0 Å². The molecule has 0 fully saturated rings. The average Bonchev–Trinajstić information content (AvgIpc) is 2.75. The predicted molar refractivity (Wildman–Crippen MR) is 79.5 cm³/mol. The van der Waals surface area contributed by atoms with E-state index in [2.05, 4.69) is 15.4 Å². The quantitative estimate of drug-likeness (QED) is 0.668. The van der Waals surface area contributed by atoms with Crippen molar-refractivity contribution in [1.29, 1.82) is 0 Å². The van der Waals surface area contributed by atoms with Gasteiger partial charge in [0.2, 0.25) is 5.96 Å². The molecule has 3 rings (SSSR count). The molecule has 0 amide bonds. The molecular weight excluding hydrogens is 273 g/mol. The molecule has 0 aromatic carbocycles. The number of aliphatic imine (C=N–C) groups is 2. The second kappa shape index (κ2) is 4.68. The van der Waals surface area contributed by atoms with Gasteiger partial charge in [-0.05, 0) is 39.2 Å². The van der Waals surface area contributed by atoms with E-state index in [1.807, 2.05) is 19.0 Å². The number of allylic oxidation sites excluding steroid dienone is 2. The molecular formula is C13H18FN7. The highest BCUT2D eigenvalue weighted by Crippen LogP contribution is 2.39. The lowest BCUT2D eigenvalue weighted by atomic mass is 9.81. The van der Waals surface area contributed by atoms with Crippen LogP contribution >= 0.6 is 0 Å². The summed E-state index contributed by atoms with van der Waals surface area (Å²) in [5.74, 6) is 0.443.